The molecule has 5 rings (SSSR count). The third-order valence-corrected chi connectivity index (χ3v) is 4.78. The standard InChI is InChI=1S/C19H19N5O2/c1-24-17-9-12(22-18-14-3-2-7-20-16(14)10-21-18)4-5-15(17)19(23-24)26-13-6-8-25-11-13/h2-5,7,9,13H,6,8,10-11H2,1H3,(H,21,22)/t13-/m0/s1. The second kappa shape index (κ2) is 6.10. The van der Waals surface area contributed by atoms with Crippen LogP contribution in [-0.4, -0.2) is 39.9 Å². The molecule has 0 aliphatic carbocycles. The van der Waals surface area contributed by atoms with Crippen molar-refractivity contribution in [1.29, 1.82) is 0 Å². The van der Waals surface area contributed by atoms with E-state index in [2.05, 4.69) is 26.5 Å². The molecule has 0 radical (unpaired) electrons. The van der Waals surface area contributed by atoms with Gasteiger partial charge in [-0.25, -0.2) is 0 Å². The molecule has 1 saturated heterocycles. The zero-order chi connectivity index (χ0) is 17.5. The first-order valence-corrected chi connectivity index (χ1v) is 8.75. The molecular weight excluding hydrogens is 330 g/mol. The molecule has 4 heterocycles. The molecule has 7 heteroatoms. The summed E-state index contributed by atoms with van der Waals surface area (Å²) in [6, 6.07) is 10.1. The Hall–Kier alpha value is -2.93. The molecule has 1 aromatic carbocycles. The van der Waals surface area contributed by atoms with Gasteiger partial charge in [-0.1, -0.05) is 0 Å². The quantitative estimate of drug-likeness (QED) is 0.786. The second-order valence-corrected chi connectivity index (χ2v) is 6.55. The van der Waals surface area contributed by atoms with E-state index in [1.54, 1.807) is 6.20 Å². The average molecular weight is 349 g/mol. The summed E-state index contributed by atoms with van der Waals surface area (Å²) in [5.41, 5.74) is 4.04. The molecule has 1 fully saturated rings. The van der Waals surface area contributed by atoms with Crippen LogP contribution in [0.2, 0.25) is 0 Å². The number of pyridine rings is 1. The van der Waals surface area contributed by atoms with Gasteiger partial charge in [-0.2, -0.15) is 0 Å². The molecule has 1 N–H and O–H groups in total. The van der Waals surface area contributed by atoms with Crippen molar-refractivity contribution in [3.05, 3.63) is 47.8 Å². The van der Waals surface area contributed by atoms with E-state index in [1.165, 1.54) is 0 Å². The minimum Gasteiger partial charge on any atom is -0.470 e. The molecule has 0 spiro atoms. The Bertz CT molecular complexity index is 1000. The lowest BCUT2D eigenvalue weighted by atomic mass is 10.2. The van der Waals surface area contributed by atoms with Gasteiger partial charge in [0, 0.05) is 30.9 Å². The number of ether oxygens (including phenoxy) is 2. The minimum absolute atomic E-state index is 0.0859. The first-order valence-electron chi connectivity index (χ1n) is 8.75. The molecule has 2 aliphatic heterocycles. The van der Waals surface area contributed by atoms with Crippen LogP contribution in [-0.2, 0) is 18.3 Å². The van der Waals surface area contributed by atoms with Crippen LogP contribution in [0.1, 0.15) is 17.7 Å². The summed E-state index contributed by atoms with van der Waals surface area (Å²) in [5.74, 6) is 1.52. The molecule has 26 heavy (non-hydrogen) atoms. The number of anilines is 1. The monoisotopic (exact) mass is 349 g/mol. The van der Waals surface area contributed by atoms with Crippen molar-refractivity contribution in [3.63, 3.8) is 0 Å². The Kier molecular flexibility index (Phi) is 3.60. The predicted molar refractivity (Wildman–Crippen MR) is 98.7 cm³/mol. The highest BCUT2D eigenvalue weighted by Crippen LogP contribution is 2.29. The van der Waals surface area contributed by atoms with E-state index in [0.29, 0.717) is 19.0 Å². The van der Waals surface area contributed by atoms with Crippen LogP contribution in [0.5, 0.6) is 5.88 Å². The molecule has 2 aromatic heterocycles. The number of nitrogens with one attached hydrogen (secondary N) is 1. The van der Waals surface area contributed by atoms with Gasteiger partial charge in [0.15, 0.2) is 0 Å². The molecule has 7 nitrogen and oxygen atoms in total. The number of rotatable bonds is 3. The lowest BCUT2D eigenvalue weighted by Gasteiger charge is -2.09. The van der Waals surface area contributed by atoms with Crippen LogP contribution in [0, 0.1) is 0 Å². The van der Waals surface area contributed by atoms with Crippen LogP contribution in [0.3, 0.4) is 0 Å². The van der Waals surface area contributed by atoms with Gasteiger partial charge in [-0.3, -0.25) is 14.7 Å². The summed E-state index contributed by atoms with van der Waals surface area (Å²) in [6.07, 6.45) is 2.80. The highest BCUT2D eigenvalue weighted by molar-refractivity contribution is 6.10. The first-order chi connectivity index (χ1) is 12.8. The fourth-order valence-corrected chi connectivity index (χ4v) is 3.42. The van der Waals surface area contributed by atoms with Crippen molar-refractivity contribution >= 4 is 22.4 Å². The van der Waals surface area contributed by atoms with E-state index in [-0.39, 0.29) is 6.10 Å². The van der Waals surface area contributed by atoms with Gasteiger partial charge in [-0.05, 0) is 30.3 Å². The van der Waals surface area contributed by atoms with Crippen molar-refractivity contribution in [2.45, 2.75) is 19.1 Å². The summed E-state index contributed by atoms with van der Waals surface area (Å²) in [4.78, 5) is 8.93. The minimum atomic E-state index is 0.0859. The summed E-state index contributed by atoms with van der Waals surface area (Å²) >= 11 is 0. The van der Waals surface area contributed by atoms with E-state index < -0.39 is 0 Å². The molecule has 132 valence electrons. The topological polar surface area (TPSA) is 73.6 Å². The molecule has 3 aromatic rings. The Morgan fingerprint density at radius 3 is 3.15 bits per heavy atom. The lowest BCUT2D eigenvalue weighted by molar-refractivity contribution is 0.138. The maximum atomic E-state index is 6.02. The highest BCUT2D eigenvalue weighted by atomic mass is 16.5. The maximum absolute atomic E-state index is 6.02. The van der Waals surface area contributed by atoms with Gasteiger partial charge in [0.2, 0.25) is 5.88 Å². The third kappa shape index (κ3) is 2.61. The number of hydrogen-bond donors (Lipinski definition) is 1. The molecule has 2 aliphatic rings. The normalized spacial score (nSPS) is 18.8. The number of benzene rings is 1. The number of aliphatic imine (C=N–C) groups is 1. The van der Waals surface area contributed by atoms with Crippen molar-refractivity contribution in [1.82, 2.24) is 14.8 Å². The van der Waals surface area contributed by atoms with E-state index in [1.807, 2.05) is 36.0 Å². The molecular formula is C19H19N5O2. The zero-order valence-electron chi connectivity index (χ0n) is 14.5. The second-order valence-electron chi connectivity index (χ2n) is 6.55. The summed E-state index contributed by atoms with van der Waals surface area (Å²) < 4.78 is 13.2. The number of amidine groups is 1. The number of nitrogens with zero attached hydrogens (tertiary/aromatic N) is 4. The third-order valence-electron chi connectivity index (χ3n) is 4.78. The van der Waals surface area contributed by atoms with E-state index in [9.17, 15) is 0 Å². The van der Waals surface area contributed by atoms with E-state index in [4.69, 9.17) is 9.47 Å². The Morgan fingerprint density at radius 1 is 1.31 bits per heavy atom. The molecule has 1 atom stereocenters. The smallest absolute Gasteiger partial charge is 0.241 e. The maximum Gasteiger partial charge on any atom is 0.241 e. The largest absolute Gasteiger partial charge is 0.470 e. The number of aryl methyl sites for hydroxylation is 1. The van der Waals surface area contributed by atoms with Gasteiger partial charge in [0.25, 0.3) is 0 Å². The molecule has 0 saturated carbocycles. The first kappa shape index (κ1) is 15.3. The SMILES string of the molecule is Cn1nc(O[C@H]2CCOC2)c2ccc(NC3=NCc4ncccc43)cc21. The fraction of sp³-hybridized carbons (Fsp3) is 0.316. The van der Waals surface area contributed by atoms with Crippen LogP contribution in [0.25, 0.3) is 10.9 Å². The van der Waals surface area contributed by atoms with Crippen LogP contribution in [0.15, 0.2) is 41.5 Å². The van der Waals surface area contributed by atoms with Crippen molar-refractivity contribution in [2.24, 2.45) is 12.0 Å². The summed E-state index contributed by atoms with van der Waals surface area (Å²) in [6.45, 7) is 2.00. The van der Waals surface area contributed by atoms with Crippen molar-refractivity contribution < 1.29 is 9.47 Å². The Labute approximate surface area is 150 Å². The van der Waals surface area contributed by atoms with Gasteiger partial charge >= 0.3 is 0 Å². The Morgan fingerprint density at radius 2 is 2.27 bits per heavy atom. The number of hydrogen-bond acceptors (Lipinski definition) is 6. The van der Waals surface area contributed by atoms with E-state index >= 15 is 0 Å². The van der Waals surface area contributed by atoms with E-state index in [0.717, 1.165) is 46.7 Å². The van der Waals surface area contributed by atoms with Crippen LogP contribution < -0.4 is 10.1 Å². The fourth-order valence-electron chi connectivity index (χ4n) is 3.42. The molecule has 0 bridgehead atoms. The lowest BCUT2D eigenvalue weighted by Crippen LogP contribution is -2.16. The summed E-state index contributed by atoms with van der Waals surface area (Å²) in [5, 5.41) is 8.94. The van der Waals surface area contributed by atoms with Crippen LogP contribution >= 0.6 is 0 Å². The van der Waals surface area contributed by atoms with Gasteiger partial charge in [0.05, 0.1) is 36.4 Å². The van der Waals surface area contributed by atoms with Crippen LogP contribution in [0.4, 0.5) is 5.69 Å². The summed E-state index contributed by atoms with van der Waals surface area (Å²) in [7, 11) is 1.93. The number of fused-ring (bicyclic) bond motifs is 2. The predicted octanol–water partition coefficient (Wildman–Crippen LogP) is 2.51. The molecule has 0 unspecified atom stereocenters. The van der Waals surface area contributed by atoms with Gasteiger partial charge in [0.1, 0.15) is 11.9 Å². The van der Waals surface area contributed by atoms with Crippen molar-refractivity contribution in [3.8, 4) is 5.88 Å². The Balaban J connectivity index is 1.43. The van der Waals surface area contributed by atoms with Crippen molar-refractivity contribution in [2.75, 3.05) is 18.5 Å². The zero-order valence-corrected chi connectivity index (χ0v) is 14.5. The highest BCUT2D eigenvalue weighted by Gasteiger charge is 2.21. The van der Waals surface area contributed by atoms with Gasteiger partial charge in [-0.15, -0.1) is 5.10 Å². The van der Waals surface area contributed by atoms with Gasteiger partial charge < -0.3 is 14.8 Å². The average Bonchev–Trinajstić information content (AvgIpc) is 3.37. The number of aromatic nitrogens is 3. The molecule has 0 amide bonds.